The molecule has 28 heavy (non-hydrogen) atoms. The molecule has 0 spiro atoms. The average molecular weight is 485 g/mol. The molecule has 0 aromatic heterocycles. The highest BCUT2D eigenvalue weighted by atomic mass is 127. The summed E-state index contributed by atoms with van der Waals surface area (Å²) >= 11 is 2.47. The second kappa shape index (κ2) is 12.0. The van der Waals surface area contributed by atoms with E-state index in [1.165, 1.54) is 16.7 Å². The van der Waals surface area contributed by atoms with Crippen molar-refractivity contribution in [3.8, 4) is 0 Å². The zero-order valence-corrected chi connectivity index (χ0v) is 18.3. The van der Waals surface area contributed by atoms with Crippen LogP contribution in [-0.4, -0.2) is 27.7 Å². The van der Waals surface area contributed by atoms with Gasteiger partial charge in [0.2, 0.25) is 0 Å². The first kappa shape index (κ1) is 21.0. The van der Waals surface area contributed by atoms with E-state index in [2.05, 4.69) is 129 Å². The molecule has 3 rings (SSSR count). The third-order valence-corrected chi connectivity index (χ3v) is 5.54. The minimum Gasteiger partial charge on any atom is -0.300 e. The third-order valence-electron chi connectivity index (χ3n) is 4.57. The number of benzene rings is 3. The summed E-state index contributed by atoms with van der Waals surface area (Å²) in [7, 11) is 0. The molecule has 3 aromatic carbocycles. The van der Waals surface area contributed by atoms with Crippen molar-refractivity contribution in [3.63, 3.8) is 0 Å². The van der Waals surface area contributed by atoms with Crippen molar-refractivity contribution in [2.45, 2.75) is 19.6 Å². The Balaban J connectivity index is 1.60. The molecule has 3 nitrogen and oxygen atoms in total. The Kier molecular flexibility index (Phi) is 8.97. The van der Waals surface area contributed by atoms with Crippen LogP contribution in [-0.2, 0) is 19.6 Å². The Morgan fingerprint density at radius 2 is 1.07 bits per heavy atom. The molecule has 0 aliphatic carbocycles. The van der Waals surface area contributed by atoms with Crippen LogP contribution in [0.4, 0.5) is 0 Å². The van der Waals surface area contributed by atoms with Gasteiger partial charge in [0.05, 0.1) is 11.2 Å². The molecular weight excluding hydrogens is 457 g/mol. The molecule has 146 valence electrons. The van der Waals surface area contributed by atoms with E-state index in [-0.39, 0.29) is 0 Å². The van der Waals surface area contributed by atoms with Crippen LogP contribution in [0, 0.1) is 0 Å². The molecule has 0 atom stereocenters. The van der Waals surface area contributed by atoms with Crippen molar-refractivity contribution in [1.82, 2.24) is 15.1 Å². The minimum atomic E-state index is 0.853. The number of alkyl halides is 1. The second-order valence-corrected chi connectivity index (χ2v) is 7.64. The van der Waals surface area contributed by atoms with E-state index in [0.717, 1.165) is 37.5 Å². The summed E-state index contributed by atoms with van der Waals surface area (Å²) in [6.45, 7) is 4.56. The van der Waals surface area contributed by atoms with Gasteiger partial charge in [0.25, 0.3) is 0 Å². The summed E-state index contributed by atoms with van der Waals surface area (Å²) in [6.07, 6.45) is 0. The fourth-order valence-electron chi connectivity index (χ4n) is 3.21. The molecule has 0 radical (unpaired) electrons. The molecule has 0 aliphatic heterocycles. The number of nitrogens with one attached hydrogen (secondary N) is 1. The lowest BCUT2D eigenvalue weighted by Gasteiger charge is -2.30. The lowest BCUT2D eigenvalue weighted by molar-refractivity contribution is 0.130. The van der Waals surface area contributed by atoms with E-state index >= 15 is 0 Å². The summed E-state index contributed by atoms with van der Waals surface area (Å²) in [5, 5.41) is 3.61. The quantitative estimate of drug-likeness (QED) is 0.177. The SMILES string of the molecule is ICN(Cc1ccccc1)CN(CNCc1ccccc1)Cc1ccccc1. The summed E-state index contributed by atoms with van der Waals surface area (Å²) in [5.41, 5.74) is 4.02. The maximum Gasteiger partial charge on any atom is 0.0532 e. The summed E-state index contributed by atoms with van der Waals surface area (Å²) in [6, 6.07) is 32.0. The van der Waals surface area contributed by atoms with E-state index < -0.39 is 0 Å². The van der Waals surface area contributed by atoms with E-state index in [1.807, 2.05) is 0 Å². The third kappa shape index (κ3) is 7.36. The highest BCUT2D eigenvalue weighted by Gasteiger charge is 2.12. The molecule has 3 aromatic rings. The van der Waals surface area contributed by atoms with Crippen LogP contribution in [0.25, 0.3) is 0 Å². The molecule has 1 N–H and O–H groups in total. The monoisotopic (exact) mass is 485 g/mol. The second-order valence-electron chi connectivity index (χ2n) is 6.96. The fraction of sp³-hybridized carbons (Fsp3) is 0.250. The van der Waals surface area contributed by atoms with Gasteiger partial charge >= 0.3 is 0 Å². The number of rotatable bonds is 11. The minimum absolute atomic E-state index is 0.853. The number of hydrogen-bond donors (Lipinski definition) is 1. The van der Waals surface area contributed by atoms with Gasteiger partial charge in [-0.3, -0.25) is 9.80 Å². The van der Waals surface area contributed by atoms with Crippen LogP contribution in [0.15, 0.2) is 91.0 Å². The zero-order valence-electron chi connectivity index (χ0n) is 16.2. The van der Waals surface area contributed by atoms with Crippen molar-refractivity contribution in [2.75, 3.05) is 17.9 Å². The topological polar surface area (TPSA) is 18.5 Å². The first-order valence-electron chi connectivity index (χ1n) is 9.66. The van der Waals surface area contributed by atoms with E-state index in [1.54, 1.807) is 0 Å². The highest BCUT2D eigenvalue weighted by molar-refractivity contribution is 14.1. The largest absolute Gasteiger partial charge is 0.300 e. The highest BCUT2D eigenvalue weighted by Crippen LogP contribution is 2.10. The van der Waals surface area contributed by atoms with Gasteiger partial charge < -0.3 is 5.32 Å². The molecular formula is C24H28IN3. The van der Waals surface area contributed by atoms with Gasteiger partial charge in [-0.25, -0.2) is 0 Å². The van der Waals surface area contributed by atoms with Crippen LogP contribution >= 0.6 is 22.6 Å². The Morgan fingerprint density at radius 1 is 0.607 bits per heavy atom. The Labute approximate surface area is 182 Å². The lowest BCUT2D eigenvalue weighted by atomic mass is 10.2. The zero-order chi connectivity index (χ0) is 19.4. The molecule has 0 saturated carbocycles. The fourth-order valence-corrected chi connectivity index (χ4v) is 3.66. The first-order valence-corrected chi connectivity index (χ1v) is 11.2. The van der Waals surface area contributed by atoms with Crippen LogP contribution in [0.1, 0.15) is 16.7 Å². The van der Waals surface area contributed by atoms with Crippen LogP contribution < -0.4 is 5.32 Å². The van der Waals surface area contributed by atoms with Crippen LogP contribution in [0.3, 0.4) is 0 Å². The Bertz CT molecular complexity index is 781. The normalized spacial score (nSPS) is 11.2. The van der Waals surface area contributed by atoms with E-state index in [4.69, 9.17) is 0 Å². The van der Waals surface area contributed by atoms with Crippen LogP contribution in [0.5, 0.6) is 0 Å². The molecule has 4 heteroatoms. The summed E-state index contributed by atoms with van der Waals surface area (Å²) < 4.78 is 0.997. The Hall–Kier alpha value is -1.73. The maximum absolute atomic E-state index is 3.61. The van der Waals surface area contributed by atoms with Crippen molar-refractivity contribution < 1.29 is 0 Å². The molecule has 0 saturated heterocycles. The predicted molar refractivity (Wildman–Crippen MR) is 126 cm³/mol. The van der Waals surface area contributed by atoms with Gasteiger partial charge in [-0.2, -0.15) is 0 Å². The smallest absolute Gasteiger partial charge is 0.0532 e. The van der Waals surface area contributed by atoms with Gasteiger partial charge in [-0.05, 0) is 16.7 Å². The number of halogens is 1. The van der Waals surface area contributed by atoms with Gasteiger partial charge in [0.15, 0.2) is 0 Å². The van der Waals surface area contributed by atoms with Gasteiger partial charge in [0.1, 0.15) is 0 Å². The standard InChI is InChI=1S/C24H28IN3/c25-19-27(17-23-12-6-2-7-13-23)21-28(18-24-14-8-3-9-15-24)20-26-16-22-10-4-1-5-11-22/h1-15,26H,16-21H2. The van der Waals surface area contributed by atoms with Crippen molar-refractivity contribution in [2.24, 2.45) is 0 Å². The van der Waals surface area contributed by atoms with E-state index in [9.17, 15) is 0 Å². The lowest BCUT2D eigenvalue weighted by Crippen LogP contribution is -2.41. The summed E-state index contributed by atoms with van der Waals surface area (Å²) in [5.74, 6) is 0. The maximum atomic E-state index is 3.61. The van der Waals surface area contributed by atoms with Gasteiger partial charge in [-0.15, -0.1) is 0 Å². The van der Waals surface area contributed by atoms with Crippen LogP contribution in [0.2, 0.25) is 0 Å². The molecule has 0 fully saturated rings. The van der Waals surface area contributed by atoms with Gasteiger partial charge in [0, 0.05) is 26.3 Å². The molecule has 0 heterocycles. The first-order chi connectivity index (χ1) is 13.8. The average Bonchev–Trinajstić information content (AvgIpc) is 2.75. The van der Waals surface area contributed by atoms with Crippen molar-refractivity contribution in [1.29, 1.82) is 0 Å². The molecule has 0 amide bonds. The number of nitrogens with zero attached hydrogens (tertiary/aromatic N) is 2. The molecule has 0 bridgehead atoms. The summed E-state index contributed by atoms with van der Waals surface area (Å²) in [4.78, 5) is 4.95. The Morgan fingerprint density at radius 3 is 1.57 bits per heavy atom. The van der Waals surface area contributed by atoms with Crippen molar-refractivity contribution >= 4 is 22.6 Å². The number of hydrogen-bond acceptors (Lipinski definition) is 3. The van der Waals surface area contributed by atoms with Gasteiger partial charge in [-0.1, -0.05) is 114 Å². The molecule has 0 aliphatic rings. The van der Waals surface area contributed by atoms with Crippen molar-refractivity contribution in [3.05, 3.63) is 108 Å². The van der Waals surface area contributed by atoms with E-state index in [0.29, 0.717) is 0 Å². The predicted octanol–water partition coefficient (Wildman–Crippen LogP) is 5.09. The molecule has 0 unspecified atom stereocenters.